The minimum atomic E-state index is -0.487. The van der Waals surface area contributed by atoms with Gasteiger partial charge < -0.3 is 14.8 Å². The van der Waals surface area contributed by atoms with Gasteiger partial charge in [0.1, 0.15) is 12.3 Å². The van der Waals surface area contributed by atoms with Gasteiger partial charge in [0.15, 0.2) is 11.5 Å². The Labute approximate surface area is 228 Å². The Morgan fingerprint density at radius 1 is 1.08 bits per heavy atom. The van der Waals surface area contributed by atoms with E-state index in [0.717, 1.165) is 24.1 Å². The van der Waals surface area contributed by atoms with Crippen molar-refractivity contribution in [3.63, 3.8) is 0 Å². The predicted molar refractivity (Wildman–Crippen MR) is 144 cm³/mol. The number of hydrogen-bond acceptors (Lipinski definition) is 6. The summed E-state index contributed by atoms with van der Waals surface area (Å²) in [5.74, 6) is 0.520. The third-order valence-corrected chi connectivity index (χ3v) is 6.64. The van der Waals surface area contributed by atoms with Crippen LogP contribution in [0.3, 0.4) is 0 Å². The standard InChI is InChI=1S/C25H19BrIN3O6/c1-35-22-12-17(10-20(27)23(22)36-14-16-4-8-19(9-5-16)30(33)34)11-21-24(31)29(25(32)28-21)13-15-2-6-18(26)7-3-15/h2-12H,13-14H2,1H3,(H,28,32)/b21-11+. The van der Waals surface area contributed by atoms with Crippen LogP contribution in [0.2, 0.25) is 0 Å². The Hall–Kier alpha value is -3.45. The first kappa shape index (κ1) is 25.6. The molecule has 1 fully saturated rings. The number of ether oxygens (including phenoxy) is 2. The molecule has 0 saturated carbocycles. The summed E-state index contributed by atoms with van der Waals surface area (Å²) in [6.07, 6.45) is 1.59. The van der Waals surface area contributed by atoms with Crippen molar-refractivity contribution in [2.75, 3.05) is 7.11 Å². The van der Waals surface area contributed by atoms with E-state index in [0.29, 0.717) is 17.1 Å². The fourth-order valence-corrected chi connectivity index (χ4v) is 4.53. The summed E-state index contributed by atoms with van der Waals surface area (Å²) in [6.45, 7) is 0.343. The quantitative estimate of drug-likeness (QED) is 0.110. The van der Waals surface area contributed by atoms with Crippen LogP contribution in [0.15, 0.2) is 70.8 Å². The summed E-state index contributed by atoms with van der Waals surface area (Å²) >= 11 is 5.47. The lowest BCUT2D eigenvalue weighted by atomic mass is 10.1. The number of methoxy groups -OCH3 is 1. The maximum atomic E-state index is 12.9. The molecule has 3 aromatic carbocycles. The van der Waals surface area contributed by atoms with Gasteiger partial charge in [-0.1, -0.05) is 28.1 Å². The van der Waals surface area contributed by atoms with Gasteiger partial charge in [0.25, 0.3) is 11.6 Å². The van der Waals surface area contributed by atoms with Crippen molar-refractivity contribution < 1.29 is 24.0 Å². The molecular weight excluding hydrogens is 645 g/mol. The van der Waals surface area contributed by atoms with Gasteiger partial charge in [-0.15, -0.1) is 0 Å². The van der Waals surface area contributed by atoms with Gasteiger partial charge >= 0.3 is 6.03 Å². The molecular formula is C25H19BrIN3O6. The van der Waals surface area contributed by atoms with E-state index < -0.39 is 16.9 Å². The van der Waals surface area contributed by atoms with Gasteiger partial charge in [-0.2, -0.15) is 0 Å². The van der Waals surface area contributed by atoms with E-state index in [4.69, 9.17) is 9.47 Å². The first-order chi connectivity index (χ1) is 17.2. The number of carbonyl (C=O) groups excluding carboxylic acids is 2. The van der Waals surface area contributed by atoms with E-state index in [2.05, 4.69) is 43.8 Å². The zero-order chi connectivity index (χ0) is 25.8. The number of nitrogens with one attached hydrogen (secondary N) is 1. The third kappa shape index (κ3) is 5.85. The van der Waals surface area contributed by atoms with Gasteiger partial charge in [0.05, 0.1) is 22.1 Å². The van der Waals surface area contributed by atoms with Crippen molar-refractivity contribution in [3.05, 3.63) is 101 Å². The number of nitro groups is 1. The molecule has 0 atom stereocenters. The molecule has 1 saturated heterocycles. The van der Waals surface area contributed by atoms with E-state index in [1.54, 1.807) is 30.3 Å². The number of rotatable bonds is 8. The van der Waals surface area contributed by atoms with Gasteiger partial charge in [-0.3, -0.25) is 19.8 Å². The lowest BCUT2D eigenvalue weighted by Crippen LogP contribution is -2.30. The Morgan fingerprint density at radius 2 is 1.75 bits per heavy atom. The molecule has 0 radical (unpaired) electrons. The summed E-state index contributed by atoms with van der Waals surface area (Å²) in [5.41, 5.74) is 2.40. The fourth-order valence-electron chi connectivity index (χ4n) is 3.49. The highest BCUT2D eigenvalue weighted by molar-refractivity contribution is 14.1. The second-order valence-electron chi connectivity index (χ2n) is 7.75. The summed E-state index contributed by atoms with van der Waals surface area (Å²) in [4.78, 5) is 36.9. The minimum absolute atomic E-state index is 0.00672. The largest absolute Gasteiger partial charge is 0.493 e. The van der Waals surface area contributed by atoms with E-state index >= 15 is 0 Å². The summed E-state index contributed by atoms with van der Waals surface area (Å²) in [6, 6.07) is 16.5. The number of amides is 3. The molecule has 0 unspecified atom stereocenters. The van der Waals surface area contributed by atoms with Gasteiger partial charge in [-0.25, -0.2) is 4.79 Å². The van der Waals surface area contributed by atoms with E-state index in [9.17, 15) is 19.7 Å². The number of urea groups is 1. The van der Waals surface area contributed by atoms with Crippen molar-refractivity contribution in [1.29, 1.82) is 0 Å². The van der Waals surface area contributed by atoms with Crippen LogP contribution in [0.4, 0.5) is 10.5 Å². The van der Waals surface area contributed by atoms with Crippen LogP contribution in [-0.2, 0) is 17.9 Å². The molecule has 0 bridgehead atoms. The average Bonchev–Trinajstić information content (AvgIpc) is 3.11. The second kappa shape index (κ2) is 11.1. The highest BCUT2D eigenvalue weighted by Crippen LogP contribution is 2.35. The van der Waals surface area contributed by atoms with Crippen molar-refractivity contribution in [3.8, 4) is 11.5 Å². The molecule has 1 heterocycles. The predicted octanol–water partition coefficient (Wildman–Crippen LogP) is 5.64. The molecule has 36 heavy (non-hydrogen) atoms. The van der Waals surface area contributed by atoms with E-state index in [-0.39, 0.29) is 24.5 Å². The van der Waals surface area contributed by atoms with Crippen LogP contribution in [0.25, 0.3) is 6.08 Å². The maximum absolute atomic E-state index is 12.9. The lowest BCUT2D eigenvalue weighted by Gasteiger charge is -2.14. The molecule has 0 spiro atoms. The summed E-state index contributed by atoms with van der Waals surface area (Å²) in [5, 5.41) is 13.5. The Bertz CT molecular complexity index is 1360. The molecule has 3 amide bonds. The van der Waals surface area contributed by atoms with Gasteiger partial charge in [-0.05, 0) is 81.8 Å². The Kier molecular flexibility index (Phi) is 7.89. The number of nitro benzene ring substituents is 1. The zero-order valence-electron chi connectivity index (χ0n) is 18.9. The first-order valence-electron chi connectivity index (χ1n) is 10.6. The molecule has 1 aliphatic heterocycles. The monoisotopic (exact) mass is 663 g/mol. The fraction of sp³-hybridized carbons (Fsp3) is 0.120. The van der Waals surface area contributed by atoms with Crippen LogP contribution < -0.4 is 14.8 Å². The number of non-ortho nitro benzene ring substituents is 1. The highest BCUT2D eigenvalue weighted by atomic mass is 127. The summed E-state index contributed by atoms with van der Waals surface area (Å²) < 4.78 is 13.1. The lowest BCUT2D eigenvalue weighted by molar-refractivity contribution is -0.384. The number of hydrogen-bond donors (Lipinski definition) is 1. The first-order valence-corrected chi connectivity index (χ1v) is 12.4. The molecule has 1 N–H and O–H groups in total. The molecule has 0 aliphatic carbocycles. The molecule has 1 aliphatic rings. The summed E-state index contributed by atoms with van der Waals surface area (Å²) in [7, 11) is 1.50. The smallest absolute Gasteiger partial charge is 0.329 e. The topological polar surface area (TPSA) is 111 Å². The molecule has 9 nitrogen and oxygen atoms in total. The van der Waals surface area contributed by atoms with E-state index in [1.807, 2.05) is 24.3 Å². The number of nitrogens with zero attached hydrogens (tertiary/aromatic N) is 2. The number of carbonyl (C=O) groups is 2. The Morgan fingerprint density at radius 3 is 2.39 bits per heavy atom. The maximum Gasteiger partial charge on any atom is 0.329 e. The van der Waals surface area contributed by atoms with Crippen LogP contribution >= 0.6 is 38.5 Å². The normalized spacial score (nSPS) is 14.2. The van der Waals surface area contributed by atoms with Gasteiger partial charge in [0.2, 0.25) is 0 Å². The number of halogens is 2. The Balaban J connectivity index is 1.50. The SMILES string of the molecule is COc1cc(/C=C2/NC(=O)N(Cc3ccc(Br)cc3)C2=O)cc(I)c1OCc1ccc([N+](=O)[O-])cc1. The third-order valence-electron chi connectivity index (χ3n) is 5.31. The van der Waals surface area contributed by atoms with Crippen LogP contribution in [0.5, 0.6) is 11.5 Å². The number of benzene rings is 3. The van der Waals surface area contributed by atoms with Crippen molar-refractivity contribution >= 4 is 62.2 Å². The van der Waals surface area contributed by atoms with Gasteiger partial charge in [0, 0.05) is 16.6 Å². The average molecular weight is 664 g/mol. The van der Waals surface area contributed by atoms with Crippen LogP contribution in [0.1, 0.15) is 16.7 Å². The highest BCUT2D eigenvalue weighted by Gasteiger charge is 2.33. The van der Waals surface area contributed by atoms with E-state index in [1.165, 1.54) is 19.2 Å². The number of imide groups is 1. The van der Waals surface area contributed by atoms with Crippen LogP contribution in [0, 0.1) is 13.7 Å². The molecule has 11 heteroatoms. The molecule has 3 aromatic rings. The molecule has 184 valence electrons. The van der Waals surface area contributed by atoms with Crippen LogP contribution in [-0.4, -0.2) is 28.9 Å². The zero-order valence-corrected chi connectivity index (χ0v) is 22.6. The van der Waals surface area contributed by atoms with Crippen molar-refractivity contribution in [2.24, 2.45) is 0 Å². The van der Waals surface area contributed by atoms with Crippen molar-refractivity contribution in [1.82, 2.24) is 10.2 Å². The second-order valence-corrected chi connectivity index (χ2v) is 9.83. The van der Waals surface area contributed by atoms with Crippen molar-refractivity contribution in [2.45, 2.75) is 13.2 Å². The molecule has 4 rings (SSSR count). The minimum Gasteiger partial charge on any atom is -0.493 e. The molecule has 0 aromatic heterocycles.